The monoisotopic (exact) mass is 253 g/mol. The van der Waals surface area contributed by atoms with E-state index in [1.54, 1.807) is 6.07 Å². The van der Waals surface area contributed by atoms with Crippen LogP contribution in [0.4, 0.5) is 0 Å². The van der Waals surface area contributed by atoms with Crippen molar-refractivity contribution in [3.63, 3.8) is 0 Å². The molecule has 0 saturated heterocycles. The van der Waals surface area contributed by atoms with Crippen LogP contribution < -0.4 is 5.32 Å². The van der Waals surface area contributed by atoms with E-state index in [1.807, 2.05) is 0 Å². The number of aromatic carboxylic acids is 1. The first-order valence-electron chi connectivity index (χ1n) is 6.53. The zero-order valence-electron chi connectivity index (χ0n) is 11.4. The van der Waals surface area contributed by atoms with Crippen molar-refractivity contribution in [3.8, 4) is 0 Å². The van der Waals surface area contributed by atoms with Gasteiger partial charge in [0.2, 0.25) is 5.76 Å². The predicted octanol–water partition coefficient (Wildman–Crippen LogP) is 3.28. The minimum absolute atomic E-state index is 0.0388. The van der Waals surface area contributed by atoms with E-state index in [4.69, 9.17) is 9.52 Å². The third kappa shape index (κ3) is 4.92. The van der Waals surface area contributed by atoms with E-state index in [0.29, 0.717) is 18.2 Å². The zero-order chi connectivity index (χ0) is 13.5. The van der Waals surface area contributed by atoms with Crippen LogP contribution in [-0.4, -0.2) is 17.1 Å². The molecule has 4 heteroatoms. The van der Waals surface area contributed by atoms with Gasteiger partial charge in [-0.15, -0.1) is 0 Å². The Morgan fingerprint density at radius 2 is 2.11 bits per heavy atom. The van der Waals surface area contributed by atoms with E-state index in [2.05, 4.69) is 26.1 Å². The highest BCUT2D eigenvalue weighted by Gasteiger charge is 2.14. The summed E-state index contributed by atoms with van der Waals surface area (Å²) in [6, 6.07) is 2.09. The van der Waals surface area contributed by atoms with Gasteiger partial charge in [0.15, 0.2) is 0 Å². The SMILES string of the molecule is CC(C)CCCC(C)NCc1ccoc1C(=O)O. The Bertz CT molecular complexity index is 371. The summed E-state index contributed by atoms with van der Waals surface area (Å²) < 4.78 is 4.93. The second kappa shape index (κ2) is 7.21. The van der Waals surface area contributed by atoms with Crippen LogP contribution in [0.1, 0.15) is 56.2 Å². The number of carboxylic acid groups (broad SMARTS) is 1. The molecule has 0 fully saturated rings. The maximum Gasteiger partial charge on any atom is 0.372 e. The predicted molar refractivity (Wildman–Crippen MR) is 70.7 cm³/mol. The Morgan fingerprint density at radius 3 is 2.72 bits per heavy atom. The van der Waals surface area contributed by atoms with Crippen molar-refractivity contribution in [3.05, 3.63) is 23.7 Å². The second-order valence-electron chi connectivity index (χ2n) is 5.19. The van der Waals surface area contributed by atoms with Gasteiger partial charge in [-0.25, -0.2) is 4.79 Å². The first-order valence-corrected chi connectivity index (χ1v) is 6.53. The van der Waals surface area contributed by atoms with Crippen molar-refractivity contribution in [1.29, 1.82) is 0 Å². The summed E-state index contributed by atoms with van der Waals surface area (Å²) in [5, 5.41) is 12.2. The number of nitrogens with one attached hydrogen (secondary N) is 1. The van der Waals surface area contributed by atoms with E-state index in [-0.39, 0.29) is 5.76 Å². The maximum atomic E-state index is 10.9. The van der Waals surface area contributed by atoms with Gasteiger partial charge in [-0.1, -0.05) is 26.7 Å². The van der Waals surface area contributed by atoms with Crippen molar-refractivity contribution >= 4 is 5.97 Å². The van der Waals surface area contributed by atoms with Gasteiger partial charge >= 0.3 is 5.97 Å². The van der Waals surface area contributed by atoms with Crippen molar-refractivity contribution in [2.24, 2.45) is 5.92 Å². The number of furan rings is 1. The summed E-state index contributed by atoms with van der Waals surface area (Å²) in [5.74, 6) is -0.231. The smallest absolute Gasteiger partial charge is 0.372 e. The standard InChI is InChI=1S/C14H23NO3/c1-10(2)5-4-6-11(3)15-9-12-7-8-18-13(12)14(16)17/h7-8,10-11,15H,4-6,9H2,1-3H3,(H,16,17). The number of carbonyl (C=O) groups is 1. The lowest BCUT2D eigenvalue weighted by Gasteiger charge is -2.14. The highest BCUT2D eigenvalue weighted by molar-refractivity contribution is 5.86. The Balaban J connectivity index is 2.31. The number of hydrogen-bond donors (Lipinski definition) is 2. The fraction of sp³-hybridized carbons (Fsp3) is 0.643. The zero-order valence-corrected chi connectivity index (χ0v) is 11.4. The molecule has 0 radical (unpaired) electrons. The molecule has 2 N–H and O–H groups in total. The van der Waals surface area contributed by atoms with Crippen LogP contribution >= 0.6 is 0 Å². The molecule has 1 aromatic rings. The average Bonchev–Trinajstić information content (AvgIpc) is 2.74. The summed E-state index contributed by atoms with van der Waals surface area (Å²) >= 11 is 0. The van der Waals surface area contributed by atoms with Gasteiger partial charge in [0.1, 0.15) is 0 Å². The van der Waals surface area contributed by atoms with E-state index in [0.717, 1.165) is 12.3 Å². The molecule has 0 aliphatic rings. The Morgan fingerprint density at radius 1 is 1.39 bits per heavy atom. The van der Waals surface area contributed by atoms with Crippen LogP contribution in [0.3, 0.4) is 0 Å². The molecule has 1 unspecified atom stereocenters. The summed E-state index contributed by atoms with van der Waals surface area (Å²) in [7, 11) is 0. The third-order valence-electron chi connectivity index (χ3n) is 3.00. The fourth-order valence-electron chi connectivity index (χ4n) is 1.88. The molecule has 1 aromatic heterocycles. The molecule has 4 nitrogen and oxygen atoms in total. The third-order valence-corrected chi connectivity index (χ3v) is 3.00. The van der Waals surface area contributed by atoms with Crippen molar-refractivity contribution in [1.82, 2.24) is 5.32 Å². The van der Waals surface area contributed by atoms with Crippen LogP contribution in [0.15, 0.2) is 16.7 Å². The summed E-state index contributed by atoms with van der Waals surface area (Å²) in [6.45, 7) is 7.12. The van der Waals surface area contributed by atoms with Gasteiger partial charge in [-0.2, -0.15) is 0 Å². The lowest BCUT2D eigenvalue weighted by molar-refractivity contribution is 0.0660. The average molecular weight is 253 g/mol. The second-order valence-corrected chi connectivity index (χ2v) is 5.19. The molecule has 0 bridgehead atoms. The molecule has 0 saturated carbocycles. The normalized spacial score (nSPS) is 12.9. The molecular formula is C14H23NO3. The minimum atomic E-state index is -1.01. The van der Waals surface area contributed by atoms with E-state index in [9.17, 15) is 4.79 Å². The minimum Gasteiger partial charge on any atom is -0.475 e. The van der Waals surface area contributed by atoms with Crippen LogP contribution in [-0.2, 0) is 6.54 Å². The molecule has 1 atom stereocenters. The molecule has 18 heavy (non-hydrogen) atoms. The largest absolute Gasteiger partial charge is 0.475 e. The Kier molecular flexibility index (Phi) is 5.92. The highest BCUT2D eigenvalue weighted by Crippen LogP contribution is 2.12. The maximum absolute atomic E-state index is 10.9. The first-order chi connectivity index (χ1) is 8.50. The van der Waals surface area contributed by atoms with Gasteiger partial charge in [0.25, 0.3) is 0 Å². The van der Waals surface area contributed by atoms with Gasteiger partial charge in [-0.05, 0) is 25.3 Å². The molecular weight excluding hydrogens is 230 g/mol. The van der Waals surface area contributed by atoms with Crippen LogP contribution in [0.5, 0.6) is 0 Å². The van der Waals surface area contributed by atoms with Crippen LogP contribution in [0, 0.1) is 5.92 Å². The lowest BCUT2D eigenvalue weighted by Crippen LogP contribution is -2.26. The summed E-state index contributed by atoms with van der Waals surface area (Å²) in [4.78, 5) is 10.9. The lowest BCUT2D eigenvalue weighted by atomic mass is 10.0. The van der Waals surface area contributed by atoms with E-state index < -0.39 is 5.97 Å². The molecule has 102 valence electrons. The molecule has 0 aromatic carbocycles. The molecule has 1 heterocycles. The molecule has 0 aliphatic heterocycles. The molecule has 0 aliphatic carbocycles. The van der Waals surface area contributed by atoms with Crippen LogP contribution in [0.25, 0.3) is 0 Å². The number of carboxylic acids is 1. The van der Waals surface area contributed by atoms with Gasteiger partial charge < -0.3 is 14.8 Å². The van der Waals surface area contributed by atoms with Crippen molar-refractivity contribution < 1.29 is 14.3 Å². The summed E-state index contributed by atoms with van der Waals surface area (Å²) in [5.41, 5.74) is 0.707. The fourth-order valence-corrected chi connectivity index (χ4v) is 1.88. The van der Waals surface area contributed by atoms with Gasteiger partial charge in [-0.3, -0.25) is 0 Å². The molecule has 0 amide bonds. The van der Waals surface area contributed by atoms with Gasteiger partial charge in [0, 0.05) is 18.2 Å². The Labute approximate surface area is 108 Å². The van der Waals surface area contributed by atoms with Crippen molar-refractivity contribution in [2.75, 3.05) is 0 Å². The topological polar surface area (TPSA) is 62.5 Å². The van der Waals surface area contributed by atoms with Crippen LogP contribution in [0.2, 0.25) is 0 Å². The van der Waals surface area contributed by atoms with Gasteiger partial charge in [0.05, 0.1) is 6.26 Å². The molecule has 1 rings (SSSR count). The van der Waals surface area contributed by atoms with Crippen molar-refractivity contribution in [2.45, 2.75) is 52.6 Å². The summed E-state index contributed by atoms with van der Waals surface area (Å²) in [6.07, 6.45) is 4.96. The number of hydrogen-bond acceptors (Lipinski definition) is 3. The number of rotatable bonds is 8. The first kappa shape index (κ1) is 14.8. The highest BCUT2D eigenvalue weighted by atomic mass is 16.4. The Hall–Kier alpha value is -1.29. The van der Waals surface area contributed by atoms with E-state index >= 15 is 0 Å². The molecule has 0 spiro atoms. The van der Waals surface area contributed by atoms with E-state index in [1.165, 1.54) is 19.1 Å². The quantitative estimate of drug-likeness (QED) is 0.746.